The third kappa shape index (κ3) is 4.73. The van der Waals surface area contributed by atoms with Gasteiger partial charge in [-0.1, -0.05) is 6.92 Å². The second-order valence-corrected chi connectivity index (χ2v) is 8.89. The quantitative estimate of drug-likeness (QED) is 0.734. The van der Waals surface area contributed by atoms with Crippen LogP contribution in [0.25, 0.3) is 0 Å². The van der Waals surface area contributed by atoms with Crippen LogP contribution in [0.2, 0.25) is 0 Å². The summed E-state index contributed by atoms with van der Waals surface area (Å²) >= 11 is 1.54. The number of likely N-dealkylation sites (tertiary alicyclic amines) is 1. The topological polar surface area (TPSA) is 82.4 Å². The minimum absolute atomic E-state index is 0.00266. The van der Waals surface area contributed by atoms with E-state index in [0.717, 1.165) is 57.3 Å². The van der Waals surface area contributed by atoms with Crippen LogP contribution in [-0.2, 0) is 22.4 Å². The molecule has 28 heavy (non-hydrogen) atoms. The van der Waals surface area contributed by atoms with Crippen LogP contribution in [-0.4, -0.2) is 43.0 Å². The van der Waals surface area contributed by atoms with Crippen molar-refractivity contribution in [1.29, 1.82) is 5.26 Å². The summed E-state index contributed by atoms with van der Waals surface area (Å²) in [7, 11) is 0. The fourth-order valence-corrected chi connectivity index (χ4v) is 5.50. The van der Waals surface area contributed by atoms with Crippen LogP contribution in [0, 0.1) is 23.2 Å². The Labute approximate surface area is 170 Å². The van der Waals surface area contributed by atoms with Gasteiger partial charge >= 0.3 is 5.97 Å². The van der Waals surface area contributed by atoms with Crippen molar-refractivity contribution in [3.8, 4) is 6.07 Å². The summed E-state index contributed by atoms with van der Waals surface area (Å²) < 4.78 is 5.28. The monoisotopic (exact) mass is 403 g/mol. The summed E-state index contributed by atoms with van der Waals surface area (Å²) in [6, 6.07) is 2.17. The Kier molecular flexibility index (Phi) is 7.08. The molecule has 1 aromatic rings. The van der Waals surface area contributed by atoms with Gasteiger partial charge in [-0.25, -0.2) is 4.79 Å². The molecule has 1 aromatic heterocycles. The lowest BCUT2D eigenvalue weighted by molar-refractivity contribution is -0.121. The van der Waals surface area contributed by atoms with Gasteiger partial charge in [-0.2, -0.15) is 5.26 Å². The van der Waals surface area contributed by atoms with Crippen LogP contribution in [0.15, 0.2) is 0 Å². The van der Waals surface area contributed by atoms with Gasteiger partial charge in [0.1, 0.15) is 5.00 Å². The molecule has 7 heteroatoms. The largest absolute Gasteiger partial charge is 0.462 e. The standard InChI is InChI=1S/C21H29N3O3S/c1-3-27-21(26)18-16-6-5-14(2)13-17(16)28-20(18)23-19(25)15-7-11-24(12-8-15)10-4-9-22/h14-15H,3-8,10-13H2,1-2H3,(H,23,25). The molecule has 1 amide bonds. The summed E-state index contributed by atoms with van der Waals surface area (Å²) in [6.07, 6.45) is 4.99. The van der Waals surface area contributed by atoms with E-state index in [0.29, 0.717) is 29.5 Å². The number of anilines is 1. The number of hydrogen-bond acceptors (Lipinski definition) is 6. The molecule has 152 valence electrons. The van der Waals surface area contributed by atoms with Gasteiger partial charge in [0.2, 0.25) is 5.91 Å². The zero-order chi connectivity index (χ0) is 20.1. The summed E-state index contributed by atoms with van der Waals surface area (Å²) in [4.78, 5) is 28.9. The van der Waals surface area contributed by atoms with E-state index >= 15 is 0 Å². The fraction of sp³-hybridized carbons (Fsp3) is 0.667. The van der Waals surface area contributed by atoms with Crippen LogP contribution >= 0.6 is 11.3 Å². The lowest BCUT2D eigenvalue weighted by Crippen LogP contribution is -2.38. The van der Waals surface area contributed by atoms with Crippen molar-refractivity contribution < 1.29 is 14.3 Å². The summed E-state index contributed by atoms with van der Waals surface area (Å²) in [6.45, 7) is 6.80. The average Bonchev–Trinajstić information content (AvgIpc) is 3.03. The predicted molar refractivity (Wildman–Crippen MR) is 109 cm³/mol. The molecule has 2 heterocycles. The molecule has 2 aliphatic rings. The van der Waals surface area contributed by atoms with Crippen molar-refractivity contribution in [3.63, 3.8) is 0 Å². The van der Waals surface area contributed by atoms with E-state index in [4.69, 9.17) is 10.00 Å². The number of esters is 1. The Balaban J connectivity index is 1.70. The summed E-state index contributed by atoms with van der Waals surface area (Å²) in [5.74, 6) is 0.224. The van der Waals surface area contributed by atoms with E-state index in [1.807, 2.05) is 0 Å². The zero-order valence-corrected chi connectivity index (χ0v) is 17.6. The number of nitriles is 1. The number of carbonyl (C=O) groups is 2. The number of rotatable bonds is 6. The van der Waals surface area contributed by atoms with Gasteiger partial charge in [0.05, 0.1) is 18.2 Å². The Bertz CT molecular complexity index is 760. The first-order chi connectivity index (χ1) is 13.5. The van der Waals surface area contributed by atoms with E-state index in [9.17, 15) is 9.59 Å². The van der Waals surface area contributed by atoms with Crippen LogP contribution in [0.5, 0.6) is 0 Å². The molecule has 1 aliphatic carbocycles. The highest BCUT2D eigenvalue weighted by Crippen LogP contribution is 2.40. The number of hydrogen-bond donors (Lipinski definition) is 1. The summed E-state index contributed by atoms with van der Waals surface area (Å²) in [5, 5.41) is 12.4. The van der Waals surface area contributed by atoms with Gasteiger partial charge in [0, 0.05) is 23.8 Å². The van der Waals surface area contributed by atoms with E-state index in [1.54, 1.807) is 18.3 Å². The fourth-order valence-electron chi connectivity index (χ4n) is 4.10. The minimum atomic E-state index is -0.323. The van der Waals surface area contributed by atoms with Crippen LogP contribution in [0.4, 0.5) is 5.00 Å². The first-order valence-electron chi connectivity index (χ1n) is 10.2. The Morgan fingerprint density at radius 2 is 2.07 bits per heavy atom. The number of thiophene rings is 1. The van der Waals surface area contributed by atoms with Gasteiger partial charge in [0.25, 0.3) is 0 Å². The molecule has 0 bridgehead atoms. The van der Waals surface area contributed by atoms with E-state index in [2.05, 4.69) is 23.2 Å². The molecule has 1 N–H and O–H groups in total. The van der Waals surface area contributed by atoms with E-state index < -0.39 is 0 Å². The third-order valence-corrected chi connectivity index (χ3v) is 6.90. The molecular formula is C21H29N3O3S. The smallest absolute Gasteiger partial charge is 0.341 e. The van der Waals surface area contributed by atoms with Crippen molar-refractivity contribution in [3.05, 3.63) is 16.0 Å². The molecule has 1 fully saturated rings. The molecule has 1 atom stereocenters. The highest BCUT2D eigenvalue weighted by Gasteiger charge is 2.31. The first kappa shape index (κ1) is 20.8. The van der Waals surface area contributed by atoms with Crippen LogP contribution in [0.1, 0.15) is 60.3 Å². The molecule has 0 aromatic carbocycles. The number of piperidine rings is 1. The summed E-state index contributed by atoms with van der Waals surface area (Å²) in [5.41, 5.74) is 1.65. The Morgan fingerprint density at radius 3 is 2.75 bits per heavy atom. The van der Waals surface area contributed by atoms with Gasteiger partial charge in [-0.3, -0.25) is 4.79 Å². The molecular weight excluding hydrogens is 374 g/mol. The zero-order valence-electron chi connectivity index (χ0n) is 16.8. The van der Waals surface area contributed by atoms with Crippen molar-refractivity contribution in [2.24, 2.45) is 11.8 Å². The highest BCUT2D eigenvalue weighted by molar-refractivity contribution is 7.17. The highest BCUT2D eigenvalue weighted by atomic mass is 32.1. The normalized spacial score (nSPS) is 20.2. The van der Waals surface area contributed by atoms with Gasteiger partial charge in [-0.15, -0.1) is 11.3 Å². The average molecular weight is 404 g/mol. The van der Waals surface area contributed by atoms with Crippen molar-refractivity contribution in [1.82, 2.24) is 4.90 Å². The molecule has 1 aliphatic heterocycles. The number of nitrogens with zero attached hydrogens (tertiary/aromatic N) is 2. The molecule has 1 unspecified atom stereocenters. The van der Waals surface area contributed by atoms with Gasteiger partial charge in [-0.05, 0) is 63.6 Å². The molecule has 3 rings (SSSR count). The maximum absolute atomic E-state index is 12.9. The van der Waals surface area contributed by atoms with E-state index in [1.165, 1.54) is 4.88 Å². The number of carbonyl (C=O) groups excluding carboxylic acids is 2. The van der Waals surface area contributed by atoms with Gasteiger partial charge in [0.15, 0.2) is 0 Å². The molecule has 0 spiro atoms. The van der Waals surface area contributed by atoms with Crippen molar-refractivity contribution >= 4 is 28.2 Å². The van der Waals surface area contributed by atoms with Gasteiger partial charge < -0.3 is 15.0 Å². The lowest BCUT2D eigenvalue weighted by Gasteiger charge is -2.30. The second kappa shape index (κ2) is 9.53. The number of amides is 1. The molecule has 6 nitrogen and oxygen atoms in total. The second-order valence-electron chi connectivity index (χ2n) is 7.79. The third-order valence-electron chi connectivity index (χ3n) is 5.73. The van der Waals surface area contributed by atoms with Crippen LogP contribution in [0.3, 0.4) is 0 Å². The predicted octanol–water partition coefficient (Wildman–Crippen LogP) is 3.61. The minimum Gasteiger partial charge on any atom is -0.462 e. The Morgan fingerprint density at radius 1 is 1.32 bits per heavy atom. The number of ether oxygens (including phenoxy) is 1. The van der Waals surface area contributed by atoms with Crippen LogP contribution < -0.4 is 5.32 Å². The van der Waals surface area contributed by atoms with Crippen molar-refractivity contribution in [2.75, 3.05) is 31.6 Å². The number of nitrogens with one attached hydrogen (secondary N) is 1. The van der Waals surface area contributed by atoms with E-state index in [-0.39, 0.29) is 17.8 Å². The maximum Gasteiger partial charge on any atom is 0.341 e. The lowest BCUT2D eigenvalue weighted by atomic mass is 9.88. The van der Waals surface area contributed by atoms with Crippen molar-refractivity contribution in [2.45, 2.75) is 52.4 Å². The maximum atomic E-state index is 12.9. The first-order valence-corrected chi connectivity index (χ1v) is 11.1. The Hall–Kier alpha value is -1.91. The number of fused-ring (bicyclic) bond motifs is 1. The molecule has 0 saturated carbocycles. The SMILES string of the molecule is CCOC(=O)c1c(NC(=O)C2CCN(CCC#N)CC2)sc2c1CCC(C)C2. The molecule has 1 saturated heterocycles. The molecule has 0 radical (unpaired) electrons.